The third-order valence-electron chi connectivity index (χ3n) is 2.15. The van der Waals surface area contributed by atoms with Crippen molar-refractivity contribution in [2.75, 3.05) is 0 Å². The summed E-state index contributed by atoms with van der Waals surface area (Å²) in [5.74, 6) is -0.0705. The minimum Gasteiger partial charge on any atom is -0.424 e. The second kappa shape index (κ2) is 5.67. The molecule has 0 N–H and O–H groups in total. The van der Waals surface area contributed by atoms with Crippen LogP contribution in [-0.2, 0) is 6.54 Å². The van der Waals surface area contributed by atoms with Crippen LogP contribution in [0.4, 0.5) is 4.39 Å². The molecule has 7 heteroatoms. The van der Waals surface area contributed by atoms with Gasteiger partial charge in [0.2, 0.25) is 4.73 Å². The largest absolute Gasteiger partial charge is 0.424 e. The number of rotatable bonds is 4. The van der Waals surface area contributed by atoms with Gasteiger partial charge in [0, 0.05) is 12.6 Å². The minimum absolute atomic E-state index is 0.00752. The molecule has 0 radical (unpaired) electrons. The van der Waals surface area contributed by atoms with Gasteiger partial charge < -0.3 is 4.74 Å². The Labute approximate surface area is 117 Å². The monoisotopic (exact) mass is 333 g/mol. The fourth-order valence-corrected chi connectivity index (χ4v) is 1.89. The molecule has 0 aliphatic heterocycles. The molecule has 0 spiro atoms. The van der Waals surface area contributed by atoms with E-state index in [4.69, 9.17) is 16.3 Å². The van der Waals surface area contributed by atoms with E-state index in [1.54, 1.807) is 4.68 Å². The van der Waals surface area contributed by atoms with Gasteiger partial charge in [-0.05, 0) is 34.5 Å². The van der Waals surface area contributed by atoms with Crippen LogP contribution in [-0.4, -0.2) is 14.8 Å². The number of nitrogens with zero attached hydrogens (tertiary/aromatic N) is 3. The first-order valence-electron chi connectivity index (χ1n) is 5.33. The number of aromatic nitrogens is 3. The van der Waals surface area contributed by atoms with Crippen LogP contribution in [0, 0.1) is 5.82 Å². The van der Waals surface area contributed by atoms with Crippen LogP contribution in [0.3, 0.4) is 0 Å². The molecule has 0 saturated carbocycles. The number of hydrogen-bond acceptors (Lipinski definition) is 3. The van der Waals surface area contributed by atoms with Gasteiger partial charge in [-0.1, -0.05) is 18.5 Å². The highest BCUT2D eigenvalue weighted by molar-refractivity contribution is 9.10. The summed E-state index contributed by atoms with van der Waals surface area (Å²) in [6.45, 7) is 2.71. The van der Waals surface area contributed by atoms with E-state index in [9.17, 15) is 4.39 Å². The van der Waals surface area contributed by atoms with Gasteiger partial charge in [0.1, 0.15) is 11.6 Å². The second-order valence-electron chi connectivity index (χ2n) is 3.56. The van der Waals surface area contributed by atoms with Gasteiger partial charge in [0.15, 0.2) is 0 Å². The third kappa shape index (κ3) is 3.00. The summed E-state index contributed by atoms with van der Waals surface area (Å²) < 4.78 is 20.6. The van der Waals surface area contributed by atoms with Crippen molar-refractivity contribution in [3.05, 3.63) is 33.8 Å². The fourth-order valence-electron chi connectivity index (χ4n) is 1.38. The van der Waals surface area contributed by atoms with Gasteiger partial charge in [-0.2, -0.15) is 4.98 Å². The summed E-state index contributed by atoms with van der Waals surface area (Å²) in [4.78, 5) is 4.09. The molecule has 0 unspecified atom stereocenters. The Bertz CT molecular complexity index is 561. The van der Waals surface area contributed by atoms with Gasteiger partial charge in [-0.15, -0.1) is 5.10 Å². The zero-order valence-corrected chi connectivity index (χ0v) is 11.9. The van der Waals surface area contributed by atoms with Gasteiger partial charge in [0.25, 0.3) is 0 Å². The van der Waals surface area contributed by atoms with E-state index in [1.165, 1.54) is 18.2 Å². The van der Waals surface area contributed by atoms with Crippen LogP contribution < -0.4 is 4.74 Å². The lowest BCUT2D eigenvalue weighted by Crippen LogP contribution is -2.02. The van der Waals surface area contributed by atoms with Crippen LogP contribution >= 0.6 is 27.5 Å². The van der Waals surface area contributed by atoms with Gasteiger partial charge in [-0.25, -0.2) is 9.07 Å². The zero-order valence-electron chi connectivity index (χ0n) is 9.53. The quantitative estimate of drug-likeness (QED) is 0.847. The topological polar surface area (TPSA) is 39.9 Å². The van der Waals surface area contributed by atoms with Crippen molar-refractivity contribution in [1.29, 1.82) is 0 Å². The molecule has 0 amide bonds. The smallest absolute Gasteiger partial charge is 0.321 e. The summed E-state index contributed by atoms with van der Waals surface area (Å²) in [6.07, 6.45) is 0.899. The van der Waals surface area contributed by atoms with Crippen LogP contribution in [0.5, 0.6) is 11.8 Å². The molecular weight excluding hydrogens is 324 g/mol. The van der Waals surface area contributed by atoms with Crippen LogP contribution in [0.2, 0.25) is 5.02 Å². The Kier molecular flexibility index (Phi) is 4.19. The maximum absolute atomic E-state index is 13.0. The second-order valence-corrected chi connectivity index (χ2v) is 4.68. The Hall–Kier alpha value is -1.14. The average molecular weight is 335 g/mol. The molecule has 0 saturated heterocycles. The Balaban J connectivity index is 2.24. The summed E-state index contributed by atoms with van der Waals surface area (Å²) >= 11 is 8.86. The lowest BCUT2D eigenvalue weighted by molar-refractivity contribution is 0.394. The molecule has 0 bridgehead atoms. The SMILES string of the molecule is CCCn1nc(Br)nc1Oc1ccc(F)c(Cl)c1. The Morgan fingerprint density at radius 1 is 1.50 bits per heavy atom. The van der Waals surface area contributed by atoms with E-state index < -0.39 is 5.82 Å². The van der Waals surface area contributed by atoms with E-state index in [-0.39, 0.29) is 5.02 Å². The highest BCUT2D eigenvalue weighted by Crippen LogP contribution is 2.25. The molecule has 0 atom stereocenters. The molecule has 1 heterocycles. The molecule has 2 aromatic rings. The summed E-state index contributed by atoms with van der Waals surface area (Å²) in [7, 11) is 0. The van der Waals surface area contributed by atoms with Crippen LogP contribution in [0.25, 0.3) is 0 Å². The van der Waals surface area contributed by atoms with Crippen molar-refractivity contribution in [2.24, 2.45) is 0 Å². The molecular formula is C11H10BrClFN3O. The maximum Gasteiger partial charge on any atom is 0.321 e. The number of hydrogen-bond donors (Lipinski definition) is 0. The Morgan fingerprint density at radius 2 is 2.28 bits per heavy atom. The molecule has 0 aliphatic carbocycles. The van der Waals surface area contributed by atoms with Gasteiger partial charge in [-0.3, -0.25) is 0 Å². The van der Waals surface area contributed by atoms with Crippen molar-refractivity contribution in [2.45, 2.75) is 19.9 Å². The normalized spacial score (nSPS) is 10.7. The first-order chi connectivity index (χ1) is 8.60. The average Bonchev–Trinajstić information content (AvgIpc) is 2.65. The van der Waals surface area contributed by atoms with Gasteiger partial charge in [0.05, 0.1) is 5.02 Å². The summed E-state index contributed by atoms with van der Waals surface area (Å²) in [5.41, 5.74) is 0. The Morgan fingerprint density at radius 3 is 2.94 bits per heavy atom. The highest BCUT2D eigenvalue weighted by Gasteiger charge is 2.11. The number of aryl methyl sites for hydroxylation is 1. The molecule has 96 valence electrons. The maximum atomic E-state index is 13.0. The lowest BCUT2D eigenvalue weighted by Gasteiger charge is -2.06. The van der Waals surface area contributed by atoms with E-state index in [0.29, 0.717) is 23.0 Å². The van der Waals surface area contributed by atoms with Crippen molar-refractivity contribution in [3.8, 4) is 11.8 Å². The third-order valence-corrected chi connectivity index (χ3v) is 2.77. The van der Waals surface area contributed by atoms with Crippen molar-refractivity contribution in [1.82, 2.24) is 14.8 Å². The molecule has 1 aromatic heterocycles. The van der Waals surface area contributed by atoms with Crippen molar-refractivity contribution in [3.63, 3.8) is 0 Å². The van der Waals surface area contributed by atoms with E-state index in [2.05, 4.69) is 26.0 Å². The molecule has 2 rings (SSSR count). The van der Waals surface area contributed by atoms with E-state index in [1.807, 2.05) is 6.92 Å². The lowest BCUT2D eigenvalue weighted by atomic mass is 10.3. The molecule has 18 heavy (non-hydrogen) atoms. The van der Waals surface area contributed by atoms with Crippen molar-refractivity contribution < 1.29 is 9.13 Å². The molecule has 1 aromatic carbocycles. The highest BCUT2D eigenvalue weighted by atomic mass is 79.9. The van der Waals surface area contributed by atoms with Gasteiger partial charge >= 0.3 is 6.01 Å². The van der Waals surface area contributed by atoms with Crippen LogP contribution in [0.15, 0.2) is 22.9 Å². The number of ether oxygens (including phenoxy) is 1. The zero-order chi connectivity index (χ0) is 13.1. The standard InChI is InChI=1S/C11H10BrClFN3O/c1-2-5-17-11(15-10(12)16-17)18-7-3-4-9(14)8(13)6-7/h3-4,6H,2,5H2,1H3. The summed E-state index contributed by atoms with van der Waals surface area (Å²) in [6, 6.07) is 4.47. The first kappa shape index (κ1) is 13.3. The predicted molar refractivity (Wildman–Crippen MR) is 69.5 cm³/mol. The van der Waals surface area contributed by atoms with Crippen molar-refractivity contribution >= 4 is 27.5 Å². The molecule has 0 fully saturated rings. The number of halogens is 3. The molecule has 0 aliphatic rings. The molecule has 4 nitrogen and oxygen atoms in total. The minimum atomic E-state index is -0.486. The predicted octanol–water partition coefficient (Wildman–Crippen LogP) is 4.04. The van der Waals surface area contributed by atoms with Crippen LogP contribution in [0.1, 0.15) is 13.3 Å². The first-order valence-corrected chi connectivity index (χ1v) is 6.50. The number of benzene rings is 1. The fraction of sp³-hybridized carbons (Fsp3) is 0.273. The van der Waals surface area contributed by atoms with E-state index >= 15 is 0 Å². The summed E-state index contributed by atoms with van der Waals surface area (Å²) in [5, 5.41) is 4.13. The van der Waals surface area contributed by atoms with E-state index in [0.717, 1.165) is 6.42 Å².